The summed E-state index contributed by atoms with van der Waals surface area (Å²) in [5.74, 6) is 2.11. The van der Waals surface area contributed by atoms with Crippen molar-refractivity contribution in [3.05, 3.63) is 35.0 Å². The van der Waals surface area contributed by atoms with E-state index in [-0.39, 0.29) is 5.41 Å². The summed E-state index contributed by atoms with van der Waals surface area (Å²) >= 11 is 6.13. The van der Waals surface area contributed by atoms with Crippen molar-refractivity contribution in [2.24, 2.45) is 5.92 Å². The molecule has 0 bridgehead atoms. The van der Waals surface area contributed by atoms with E-state index in [4.69, 9.17) is 16.3 Å². The highest BCUT2D eigenvalue weighted by molar-refractivity contribution is 6.29. The number of rotatable bonds is 4. The number of pyridine rings is 1. The van der Waals surface area contributed by atoms with E-state index in [0.717, 1.165) is 24.2 Å². The summed E-state index contributed by atoms with van der Waals surface area (Å²) in [4.78, 5) is 7.34. The number of hydrogen-bond acceptors (Lipinski definition) is 4. The van der Waals surface area contributed by atoms with Gasteiger partial charge in [0.2, 0.25) is 5.88 Å². The molecule has 0 radical (unpaired) electrons. The summed E-state index contributed by atoms with van der Waals surface area (Å²) in [5, 5.41) is 8.58. The Bertz CT molecular complexity index is 593. The van der Waals surface area contributed by atoms with E-state index in [2.05, 4.69) is 27.1 Å². The lowest BCUT2D eigenvalue weighted by Gasteiger charge is -2.45. The van der Waals surface area contributed by atoms with Crippen LogP contribution in [-0.2, 0) is 5.41 Å². The number of hydrogen-bond donors (Lipinski definition) is 1. The molecule has 0 atom stereocenters. The Kier molecular flexibility index (Phi) is 3.38. The van der Waals surface area contributed by atoms with Crippen LogP contribution in [0.5, 0.6) is 5.88 Å². The zero-order chi connectivity index (χ0) is 14.2. The van der Waals surface area contributed by atoms with Gasteiger partial charge in [0.15, 0.2) is 0 Å². The van der Waals surface area contributed by atoms with Crippen molar-refractivity contribution in [1.29, 1.82) is 0 Å². The molecule has 2 aromatic rings. The maximum Gasteiger partial charge on any atom is 0.214 e. The molecule has 0 unspecified atom stereocenters. The molecule has 5 nitrogen and oxygen atoms in total. The van der Waals surface area contributed by atoms with Crippen molar-refractivity contribution < 1.29 is 4.74 Å². The fourth-order valence-corrected chi connectivity index (χ4v) is 3.31. The number of aromatic amines is 1. The highest BCUT2D eigenvalue weighted by atomic mass is 35.5. The van der Waals surface area contributed by atoms with Crippen molar-refractivity contribution in [2.45, 2.75) is 32.1 Å². The van der Waals surface area contributed by atoms with Crippen LogP contribution in [0.4, 0.5) is 0 Å². The first kappa shape index (κ1) is 13.4. The van der Waals surface area contributed by atoms with Crippen LogP contribution in [0.3, 0.4) is 0 Å². The first-order valence-electron chi connectivity index (χ1n) is 6.81. The number of halogens is 1. The minimum atomic E-state index is -0.144. The van der Waals surface area contributed by atoms with E-state index in [9.17, 15) is 0 Å². The minimum absolute atomic E-state index is 0.144. The van der Waals surface area contributed by atoms with Gasteiger partial charge in [-0.25, -0.2) is 4.98 Å². The largest absolute Gasteiger partial charge is 0.478 e. The summed E-state index contributed by atoms with van der Waals surface area (Å²) in [6, 6.07) is 3.86. The minimum Gasteiger partial charge on any atom is -0.478 e. The lowest BCUT2D eigenvalue weighted by Crippen LogP contribution is -2.42. The van der Waals surface area contributed by atoms with Crippen LogP contribution in [0, 0.1) is 5.92 Å². The first-order chi connectivity index (χ1) is 9.64. The van der Waals surface area contributed by atoms with Gasteiger partial charge in [0.1, 0.15) is 17.3 Å². The second-order valence-corrected chi connectivity index (χ2v) is 5.77. The Morgan fingerprint density at radius 2 is 2.25 bits per heavy atom. The summed E-state index contributed by atoms with van der Waals surface area (Å²) in [6.07, 6.45) is 3.66. The molecule has 1 saturated carbocycles. The molecule has 2 aromatic heterocycles. The van der Waals surface area contributed by atoms with Crippen LogP contribution in [0.1, 0.15) is 38.1 Å². The predicted octanol–water partition coefficient (Wildman–Crippen LogP) is 2.97. The lowest BCUT2D eigenvalue weighted by atomic mass is 9.59. The van der Waals surface area contributed by atoms with Crippen LogP contribution >= 0.6 is 11.6 Å². The van der Waals surface area contributed by atoms with Crippen LogP contribution < -0.4 is 4.74 Å². The van der Waals surface area contributed by atoms with Gasteiger partial charge in [0.05, 0.1) is 12.0 Å². The number of nitrogens with one attached hydrogen (secondary N) is 1. The Morgan fingerprint density at radius 3 is 2.85 bits per heavy atom. The Hall–Kier alpha value is -1.62. The number of ether oxygens (including phenoxy) is 1. The molecule has 0 aliphatic heterocycles. The van der Waals surface area contributed by atoms with Gasteiger partial charge < -0.3 is 9.72 Å². The lowest BCUT2D eigenvalue weighted by molar-refractivity contribution is 0.189. The van der Waals surface area contributed by atoms with Gasteiger partial charge in [-0.05, 0) is 37.3 Å². The third kappa shape index (κ3) is 2.16. The standard InChI is InChI=1S/C14H17ClN4O/c1-3-20-12-5-10(4-11(15)18-12)14(6-9(2)7-14)13-16-8-17-19-13/h4-5,8-9H,3,6-7H2,1-2H3,(H,16,17,19). The second-order valence-electron chi connectivity index (χ2n) is 5.38. The highest BCUT2D eigenvalue weighted by Crippen LogP contribution is 2.51. The Morgan fingerprint density at radius 1 is 1.45 bits per heavy atom. The monoisotopic (exact) mass is 292 g/mol. The van der Waals surface area contributed by atoms with E-state index >= 15 is 0 Å². The van der Waals surface area contributed by atoms with E-state index in [1.54, 1.807) is 6.33 Å². The molecular weight excluding hydrogens is 276 g/mol. The molecule has 0 spiro atoms. The van der Waals surface area contributed by atoms with Crippen molar-refractivity contribution in [3.63, 3.8) is 0 Å². The molecule has 0 saturated heterocycles. The van der Waals surface area contributed by atoms with Crippen LogP contribution in [-0.4, -0.2) is 26.8 Å². The number of aromatic nitrogens is 4. The molecule has 6 heteroatoms. The molecule has 1 aliphatic rings. The van der Waals surface area contributed by atoms with Crippen molar-refractivity contribution >= 4 is 11.6 Å². The Balaban J connectivity index is 2.05. The number of H-pyrrole nitrogens is 1. The van der Waals surface area contributed by atoms with Crippen LogP contribution in [0.2, 0.25) is 5.15 Å². The van der Waals surface area contributed by atoms with Crippen LogP contribution in [0.15, 0.2) is 18.5 Å². The fraction of sp³-hybridized carbons (Fsp3) is 0.500. The molecule has 106 valence electrons. The third-order valence-corrected chi connectivity index (χ3v) is 4.07. The van der Waals surface area contributed by atoms with Crippen molar-refractivity contribution in [1.82, 2.24) is 20.2 Å². The van der Waals surface area contributed by atoms with Gasteiger partial charge in [0.25, 0.3) is 0 Å². The van der Waals surface area contributed by atoms with Crippen LogP contribution in [0.25, 0.3) is 0 Å². The number of nitrogens with zero attached hydrogens (tertiary/aromatic N) is 3. The summed E-state index contributed by atoms with van der Waals surface area (Å²) in [6.45, 7) is 4.74. The van der Waals surface area contributed by atoms with Gasteiger partial charge in [0, 0.05) is 6.07 Å². The summed E-state index contributed by atoms with van der Waals surface area (Å²) < 4.78 is 5.49. The van der Waals surface area contributed by atoms with Gasteiger partial charge >= 0.3 is 0 Å². The zero-order valence-corrected chi connectivity index (χ0v) is 12.3. The molecule has 0 amide bonds. The normalized spacial score (nSPS) is 25.2. The summed E-state index contributed by atoms with van der Waals surface area (Å²) in [7, 11) is 0. The van der Waals surface area contributed by atoms with Crippen molar-refractivity contribution in [3.8, 4) is 5.88 Å². The van der Waals surface area contributed by atoms with Gasteiger partial charge in [-0.3, -0.25) is 0 Å². The average molecular weight is 293 g/mol. The maximum absolute atomic E-state index is 6.13. The third-order valence-electron chi connectivity index (χ3n) is 3.88. The molecule has 0 aromatic carbocycles. The van der Waals surface area contributed by atoms with Gasteiger partial charge in [-0.1, -0.05) is 18.5 Å². The fourth-order valence-electron chi connectivity index (χ4n) is 3.11. The van der Waals surface area contributed by atoms with Crippen molar-refractivity contribution in [2.75, 3.05) is 6.61 Å². The Labute approximate surface area is 122 Å². The highest BCUT2D eigenvalue weighted by Gasteiger charge is 2.47. The molecular formula is C14H17ClN4O. The predicted molar refractivity (Wildman–Crippen MR) is 76.0 cm³/mol. The average Bonchev–Trinajstić information content (AvgIpc) is 2.88. The molecule has 2 heterocycles. The quantitative estimate of drug-likeness (QED) is 0.880. The van der Waals surface area contributed by atoms with Gasteiger partial charge in [-0.15, -0.1) is 10.2 Å². The molecule has 1 fully saturated rings. The zero-order valence-electron chi connectivity index (χ0n) is 11.6. The van der Waals surface area contributed by atoms with E-state index in [1.807, 2.05) is 19.1 Å². The SMILES string of the molecule is CCOc1cc(C2(c3nnc[nH]3)CC(C)C2)cc(Cl)n1. The van der Waals surface area contributed by atoms with Gasteiger partial charge in [-0.2, -0.15) is 0 Å². The maximum atomic E-state index is 6.13. The molecule has 3 rings (SSSR count). The molecule has 1 N–H and O–H groups in total. The topological polar surface area (TPSA) is 63.7 Å². The summed E-state index contributed by atoms with van der Waals surface area (Å²) in [5.41, 5.74) is 0.949. The van der Waals surface area contributed by atoms with E-state index in [1.165, 1.54) is 0 Å². The molecule has 1 aliphatic carbocycles. The first-order valence-corrected chi connectivity index (χ1v) is 7.19. The second kappa shape index (κ2) is 5.05. The van der Waals surface area contributed by atoms with E-state index < -0.39 is 0 Å². The molecule has 20 heavy (non-hydrogen) atoms. The van der Waals surface area contributed by atoms with E-state index in [0.29, 0.717) is 23.6 Å². The smallest absolute Gasteiger partial charge is 0.214 e.